The maximum Gasteiger partial charge on any atom is 0.349 e. The number of hydrogen-bond acceptors (Lipinski definition) is 40. The molecule has 0 aliphatic carbocycles. The highest BCUT2D eigenvalue weighted by Gasteiger charge is 2.60. The first-order chi connectivity index (χ1) is 47.7. The number of aliphatic hydroxyl groups is 20. The van der Waals surface area contributed by atoms with E-state index in [0.29, 0.717) is 6.42 Å². The Balaban J connectivity index is 0.949. The number of hydrogen-bond donors (Lipinski definition) is 24. The first-order valence-electron chi connectivity index (χ1n) is 32.1. The van der Waals surface area contributed by atoms with Gasteiger partial charge in [0.1, 0.15) is 194 Å². The summed E-state index contributed by atoms with van der Waals surface area (Å²) in [4.78, 5) is 41.2. The largest absolute Gasteiger partial charge is 0.508 e. The highest BCUT2D eigenvalue weighted by atomic mass is 16.8. The van der Waals surface area contributed by atoms with Gasteiger partial charge in [-0.25, -0.2) is 4.79 Å². The predicted octanol–water partition coefficient (Wildman–Crippen LogP) is -14.4. The topological polar surface area (TPSA) is 668 Å². The summed E-state index contributed by atoms with van der Waals surface area (Å²) in [6, 6.07) is 3.36. The van der Waals surface area contributed by atoms with Gasteiger partial charge in [0.2, 0.25) is 5.91 Å². The number of nitrogens with two attached hydrogens (primary N) is 1. The monoisotopic (exact) mass is 1450 g/mol. The van der Waals surface area contributed by atoms with Gasteiger partial charge >= 0.3 is 5.63 Å². The molecule has 2 amide bonds. The van der Waals surface area contributed by atoms with Gasteiger partial charge in [-0.2, -0.15) is 0 Å². The van der Waals surface area contributed by atoms with Crippen LogP contribution in [0.3, 0.4) is 0 Å². The number of rotatable bonds is 15. The number of benzene rings is 1. The molecule has 21 fully saturated rings. The number of aromatic hydroxyl groups is 1. The van der Waals surface area contributed by atoms with Crippen LogP contribution in [0, 0.1) is 0 Å². The Labute approximate surface area is 564 Å². The zero-order valence-corrected chi connectivity index (χ0v) is 52.7. The molecule has 1 aromatic heterocycles. The van der Waals surface area contributed by atoms with Crippen molar-refractivity contribution in [2.24, 2.45) is 5.73 Å². The van der Waals surface area contributed by atoms with Crippen molar-refractivity contribution in [1.82, 2.24) is 10.6 Å². The summed E-state index contributed by atoms with van der Waals surface area (Å²) < 4.78 is 86.6. The first kappa shape index (κ1) is 78.4. The van der Waals surface area contributed by atoms with Gasteiger partial charge < -0.3 is 194 Å². The van der Waals surface area contributed by atoms with Crippen molar-refractivity contribution in [1.29, 1.82) is 0 Å². The van der Waals surface area contributed by atoms with Crippen LogP contribution in [0.1, 0.15) is 29.6 Å². The molecule has 14 bridgehead atoms. The standard InChI is InChI=1S/C58H87N3O39/c59-6-2-1-3-19(61-49(83)18-7-16-4-5-17(68)8-20(16)86-51(18)85)50(84)60-9-21-42-28(69)35(76)52(87-21)95-43-22(10-62)89-54(37(78)30(43)71)97-45-24(12-64)91-56(39(80)32(45)73)99-47-26(14-66)93-58(41(82)34(47)75)100-48-27(15-67)92-57(40(81)33(48)74)98-46-25(13-65)90-55(38(79)31(46)72)96-44-23(11-63)88-53(94-42)36(77)29(44)70/h4-5,7-8,19,21-48,52-58,62-82H,1-3,6,9-15,59H2,(H,60,84)(H,61,83). The number of fused-ring (bicyclic) bond motifs is 1. The fourth-order valence-corrected chi connectivity index (χ4v) is 13.0. The summed E-state index contributed by atoms with van der Waals surface area (Å²) in [6.45, 7) is -7.41. The predicted molar refractivity (Wildman–Crippen MR) is 313 cm³/mol. The Morgan fingerprint density at radius 1 is 0.400 bits per heavy atom. The number of aliphatic hydroxyl groups excluding tert-OH is 20. The maximum absolute atomic E-state index is 14.3. The Bertz CT molecular complexity index is 3020. The molecule has 0 radical (unpaired) electrons. The molecule has 42 heteroatoms. The third kappa shape index (κ3) is 16.3. The van der Waals surface area contributed by atoms with Gasteiger partial charge in [0.15, 0.2) is 44.0 Å². The van der Waals surface area contributed by atoms with Gasteiger partial charge in [-0.15, -0.1) is 0 Å². The normalized spacial score (nSPS) is 45.5. The second-order valence-electron chi connectivity index (χ2n) is 25.2. The van der Waals surface area contributed by atoms with Gasteiger partial charge in [-0.1, -0.05) is 0 Å². The van der Waals surface area contributed by atoms with E-state index in [2.05, 4.69) is 10.6 Å². The number of phenols is 1. The molecule has 100 heavy (non-hydrogen) atoms. The molecule has 21 saturated heterocycles. The summed E-state index contributed by atoms with van der Waals surface area (Å²) in [5.41, 5.74) is 3.93. The minimum atomic E-state index is -2.38. The third-order valence-corrected chi connectivity index (χ3v) is 18.6. The molecule has 0 saturated carbocycles. The van der Waals surface area contributed by atoms with Crippen LogP contribution in [0.15, 0.2) is 33.5 Å². The van der Waals surface area contributed by atoms with E-state index in [-0.39, 0.29) is 36.1 Å². The molecule has 21 aliphatic heterocycles. The van der Waals surface area contributed by atoms with Crippen LogP contribution in [0.5, 0.6) is 5.75 Å². The third-order valence-electron chi connectivity index (χ3n) is 18.6. The molecule has 2 aromatic rings. The van der Waals surface area contributed by atoms with Crippen molar-refractivity contribution in [3.05, 3.63) is 40.2 Å². The van der Waals surface area contributed by atoms with Crippen molar-refractivity contribution in [3.63, 3.8) is 0 Å². The summed E-state index contributed by atoms with van der Waals surface area (Å²) in [5.74, 6) is -2.38. The van der Waals surface area contributed by atoms with E-state index in [0.717, 1.165) is 12.1 Å². The second-order valence-corrected chi connectivity index (χ2v) is 25.2. The average molecular weight is 1450 g/mol. The second kappa shape index (κ2) is 33.9. The smallest absolute Gasteiger partial charge is 0.349 e. The molecule has 23 rings (SSSR count). The zero-order valence-electron chi connectivity index (χ0n) is 52.7. The SMILES string of the molecule is NCCCCC(NC(=O)c1cc2ccc(O)cc2oc1=O)C(=O)NCC1OC2OC3C(CO)OC(OC4C(CO)OC(OC5C(CO)OC(OC6C(CO)OC(OC7C(CO)OC(OC8C(CO)OC(OC1C(O)C2O)C(O)C8O)C(O)C7O)C(O)C6O)C(O)C5O)C(O)C4O)C(O)C3O. The van der Waals surface area contributed by atoms with E-state index >= 15 is 0 Å². The van der Waals surface area contributed by atoms with Crippen LogP contribution in [-0.4, -0.2) is 393 Å². The molecular weight excluding hydrogens is 1360 g/mol. The van der Waals surface area contributed by atoms with Crippen LogP contribution >= 0.6 is 0 Å². The molecule has 22 heterocycles. The van der Waals surface area contributed by atoms with Crippen LogP contribution in [0.2, 0.25) is 0 Å². The molecular formula is C58H87N3O39. The lowest BCUT2D eigenvalue weighted by Crippen LogP contribution is -2.68. The first-order valence-corrected chi connectivity index (χ1v) is 32.1. The number of carbonyl (C=O) groups is 2. The van der Waals surface area contributed by atoms with E-state index in [1.807, 2.05) is 0 Å². The summed E-state index contributed by atoms with van der Waals surface area (Å²) in [5, 5.41) is 241. The van der Waals surface area contributed by atoms with E-state index in [4.69, 9.17) is 76.5 Å². The number of ether oxygens (including phenoxy) is 14. The van der Waals surface area contributed by atoms with E-state index in [9.17, 15) is 122 Å². The Kier molecular flexibility index (Phi) is 26.6. The molecule has 25 N–H and O–H groups in total. The Hall–Kier alpha value is -4.23. The van der Waals surface area contributed by atoms with Crippen molar-refractivity contribution >= 4 is 22.8 Å². The Morgan fingerprint density at radius 3 is 0.980 bits per heavy atom. The van der Waals surface area contributed by atoms with E-state index in [1.54, 1.807) is 0 Å². The summed E-state index contributed by atoms with van der Waals surface area (Å²) in [7, 11) is 0. The fraction of sp³-hybridized carbons (Fsp3) is 0.810. The number of amides is 2. The van der Waals surface area contributed by atoms with Crippen LogP contribution in [-0.2, 0) is 71.1 Å². The Morgan fingerprint density at radius 2 is 0.690 bits per heavy atom. The summed E-state index contributed by atoms with van der Waals surface area (Å²) >= 11 is 0. The molecule has 36 unspecified atom stereocenters. The maximum atomic E-state index is 14.3. The lowest BCUT2D eigenvalue weighted by molar-refractivity contribution is -0.396. The lowest BCUT2D eigenvalue weighted by Gasteiger charge is -2.50. The number of carbonyl (C=O) groups excluding carboxylic acids is 2. The molecule has 568 valence electrons. The van der Waals surface area contributed by atoms with Crippen molar-refractivity contribution < 1.29 is 188 Å². The molecule has 21 aliphatic rings. The van der Waals surface area contributed by atoms with Crippen LogP contribution < -0.4 is 22.0 Å². The molecule has 42 nitrogen and oxygen atoms in total. The van der Waals surface area contributed by atoms with Gasteiger partial charge in [0.25, 0.3) is 5.91 Å². The molecule has 0 spiro atoms. The van der Waals surface area contributed by atoms with Crippen molar-refractivity contribution in [2.45, 2.75) is 240 Å². The highest BCUT2D eigenvalue weighted by molar-refractivity contribution is 5.99. The zero-order chi connectivity index (χ0) is 72.5. The van der Waals surface area contributed by atoms with Gasteiger partial charge in [-0.3, -0.25) is 9.59 Å². The fourth-order valence-electron chi connectivity index (χ4n) is 13.0. The molecule has 1 aromatic carbocycles. The van der Waals surface area contributed by atoms with Crippen molar-refractivity contribution in [2.75, 3.05) is 52.7 Å². The minimum absolute atomic E-state index is 0.0793. The number of phenolic OH excluding ortho intramolecular Hbond substituents is 1. The van der Waals surface area contributed by atoms with E-state index in [1.165, 1.54) is 12.1 Å². The number of nitrogens with one attached hydrogen (secondary N) is 2. The average Bonchev–Trinajstić information content (AvgIpc) is 0.778. The minimum Gasteiger partial charge on any atom is -0.508 e. The van der Waals surface area contributed by atoms with E-state index < -0.39 is 290 Å². The highest BCUT2D eigenvalue weighted by Crippen LogP contribution is 2.39. The van der Waals surface area contributed by atoms with Gasteiger partial charge in [0.05, 0.1) is 39.6 Å². The molecule has 36 atom stereocenters. The van der Waals surface area contributed by atoms with Crippen LogP contribution in [0.25, 0.3) is 11.0 Å². The quantitative estimate of drug-likeness (QED) is 0.0582. The summed E-state index contributed by atoms with van der Waals surface area (Å²) in [6.07, 6.45) is -73.4. The van der Waals surface area contributed by atoms with Gasteiger partial charge in [-0.05, 0) is 44.0 Å². The number of unbranched alkanes of at least 4 members (excludes halogenated alkanes) is 1. The lowest BCUT2D eigenvalue weighted by atomic mass is 9.95. The van der Waals surface area contributed by atoms with Crippen molar-refractivity contribution in [3.8, 4) is 5.75 Å². The van der Waals surface area contributed by atoms with Crippen LogP contribution in [0.4, 0.5) is 0 Å². The van der Waals surface area contributed by atoms with Gasteiger partial charge in [0, 0.05) is 18.0 Å².